The lowest BCUT2D eigenvalue weighted by Gasteiger charge is -2.31. The van der Waals surface area contributed by atoms with Gasteiger partial charge in [0.1, 0.15) is 12.4 Å². The number of fused-ring (bicyclic) bond motifs is 1. The molecule has 1 aromatic heterocycles. The van der Waals surface area contributed by atoms with Crippen molar-refractivity contribution in [2.75, 3.05) is 18.5 Å². The molecule has 2 aliphatic rings. The minimum Gasteiger partial charge on any atom is -0.341 e. The zero-order valence-corrected chi connectivity index (χ0v) is 20.5. The summed E-state index contributed by atoms with van der Waals surface area (Å²) in [6, 6.07) is 16.0. The Labute approximate surface area is 202 Å². The number of likely N-dealkylation sites (N-methyl/N-ethyl adjacent to an activating group) is 1. The van der Waals surface area contributed by atoms with Crippen LogP contribution in [0.1, 0.15) is 50.3 Å². The molecule has 6 nitrogen and oxygen atoms in total. The maximum absolute atomic E-state index is 13.3. The Bertz CT molecular complexity index is 1180. The van der Waals surface area contributed by atoms with Gasteiger partial charge < -0.3 is 14.4 Å². The lowest BCUT2D eigenvalue weighted by atomic mass is 9.94. The number of benzene rings is 2. The molecule has 1 aliphatic carbocycles. The Morgan fingerprint density at radius 3 is 2.61 bits per heavy atom. The summed E-state index contributed by atoms with van der Waals surface area (Å²) in [4.78, 5) is 34.9. The van der Waals surface area contributed by atoms with Crippen molar-refractivity contribution in [1.82, 2.24) is 14.5 Å². The first-order chi connectivity index (χ1) is 16.0. The number of imidazole rings is 1. The molecule has 1 saturated carbocycles. The summed E-state index contributed by atoms with van der Waals surface area (Å²) in [7, 11) is 1.94. The van der Waals surface area contributed by atoms with Gasteiger partial charge in [-0.05, 0) is 53.0 Å². The fourth-order valence-corrected chi connectivity index (χ4v) is 5.77. The van der Waals surface area contributed by atoms with Crippen LogP contribution >= 0.6 is 15.9 Å². The van der Waals surface area contributed by atoms with Crippen LogP contribution in [0.2, 0.25) is 0 Å². The van der Waals surface area contributed by atoms with Crippen molar-refractivity contribution >= 4 is 44.5 Å². The van der Waals surface area contributed by atoms with Gasteiger partial charge >= 0.3 is 0 Å². The third-order valence-corrected chi connectivity index (χ3v) is 7.80. The van der Waals surface area contributed by atoms with Crippen molar-refractivity contribution in [1.29, 1.82) is 0 Å². The Hall–Kier alpha value is -2.67. The molecule has 0 spiro atoms. The van der Waals surface area contributed by atoms with E-state index in [0.29, 0.717) is 19.0 Å². The van der Waals surface area contributed by atoms with Crippen LogP contribution in [0.3, 0.4) is 0 Å². The molecule has 2 amide bonds. The standard InChI is InChI=1S/C26H29BrN4O2/c1-29(19-9-3-2-4-10-19)25(33)17-31-23-14-8-6-12-21(23)28-26(31)18-15-24(32)30(16-18)22-13-7-5-11-20(22)27/h5-8,11-14,18-19H,2-4,9-10,15-17H2,1H3. The molecule has 0 bridgehead atoms. The van der Waals surface area contributed by atoms with Gasteiger partial charge in [0.2, 0.25) is 11.8 Å². The van der Waals surface area contributed by atoms with Crippen LogP contribution in [0, 0.1) is 0 Å². The van der Waals surface area contributed by atoms with Gasteiger partial charge in [-0.15, -0.1) is 0 Å². The molecule has 1 aliphatic heterocycles. The molecular formula is C26H29BrN4O2. The Morgan fingerprint density at radius 2 is 1.82 bits per heavy atom. The molecule has 3 aromatic rings. The number of para-hydroxylation sites is 3. The van der Waals surface area contributed by atoms with E-state index in [1.165, 1.54) is 19.3 Å². The van der Waals surface area contributed by atoms with Crippen molar-refractivity contribution in [3.8, 4) is 0 Å². The number of carbonyl (C=O) groups is 2. The van der Waals surface area contributed by atoms with Crippen LogP contribution in [0.5, 0.6) is 0 Å². The van der Waals surface area contributed by atoms with Crippen LogP contribution in [0.15, 0.2) is 53.0 Å². The molecule has 2 fully saturated rings. The average Bonchev–Trinajstić information content (AvgIpc) is 3.40. The topological polar surface area (TPSA) is 58.4 Å². The van der Waals surface area contributed by atoms with E-state index in [0.717, 1.165) is 39.9 Å². The van der Waals surface area contributed by atoms with Crippen LogP contribution < -0.4 is 4.90 Å². The van der Waals surface area contributed by atoms with E-state index in [1.807, 2.05) is 69.9 Å². The molecule has 1 saturated heterocycles. The van der Waals surface area contributed by atoms with Gasteiger partial charge in [-0.3, -0.25) is 9.59 Å². The zero-order valence-electron chi connectivity index (χ0n) is 18.9. The molecule has 33 heavy (non-hydrogen) atoms. The highest BCUT2D eigenvalue weighted by molar-refractivity contribution is 9.10. The predicted molar refractivity (Wildman–Crippen MR) is 133 cm³/mol. The van der Waals surface area contributed by atoms with Crippen LogP contribution in [-0.2, 0) is 16.1 Å². The minimum atomic E-state index is -0.0650. The summed E-state index contributed by atoms with van der Waals surface area (Å²) in [6.45, 7) is 0.806. The summed E-state index contributed by atoms with van der Waals surface area (Å²) in [6.07, 6.45) is 6.19. The maximum atomic E-state index is 13.3. The Kier molecular flexibility index (Phi) is 6.23. The highest BCUT2D eigenvalue weighted by Gasteiger charge is 2.36. The number of hydrogen-bond acceptors (Lipinski definition) is 3. The largest absolute Gasteiger partial charge is 0.341 e. The lowest BCUT2D eigenvalue weighted by Crippen LogP contribution is -2.40. The summed E-state index contributed by atoms with van der Waals surface area (Å²) in [5.41, 5.74) is 2.69. The van der Waals surface area contributed by atoms with Crippen LogP contribution in [0.25, 0.3) is 11.0 Å². The smallest absolute Gasteiger partial charge is 0.242 e. The number of carbonyl (C=O) groups excluding carboxylic acids is 2. The summed E-state index contributed by atoms with van der Waals surface area (Å²) in [5.74, 6) is 0.948. The quantitative estimate of drug-likeness (QED) is 0.481. The van der Waals surface area contributed by atoms with Gasteiger partial charge in [-0.1, -0.05) is 43.5 Å². The zero-order chi connectivity index (χ0) is 22.9. The number of halogens is 1. The van der Waals surface area contributed by atoms with Gasteiger partial charge in [0, 0.05) is 36.4 Å². The molecule has 1 atom stereocenters. The summed E-state index contributed by atoms with van der Waals surface area (Å²) in [5, 5.41) is 0. The van der Waals surface area contributed by atoms with Crippen molar-refractivity contribution in [3.05, 3.63) is 58.8 Å². The van der Waals surface area contributed by atoms with Gasteiger partial charge in [-0.25, -0.2) is 4.98 Å². The van der Waals surface area contributed by atoms with E-state index < -0.39 is 0 Å². The van der Waals surface area contributed by atoms with E-state index in [9.17, 15) is 9.59 Å². The number of nitrogens with zero attached hydrogens (tertiary/aromatic N) is 4. The van der Waals surface area contributed by atoms with Crippen LogP contribution in [-0.4, -0.2) is 45.9 Å². The lowest BCUT2D eigenvalue weighted by molar-refractivity contribution is -0.133. The van der Waals surface area contributed by atoms with E-state index >= 15 is 0 Å². The number of hydrogen-bond donors (Lipinski definition) is 0. The third-order valence-electron chi connectivity index (χ3n) is 7.13. The second-order valence-electron chi connectivity index (χ2n) is 9.20. The highest BCUT2D eigenvalue weighted by atomic mass is 79.9. The number of amides is 2. The molecule has 1 unspecified atom stereocenters. The molecule has 2 aromatic carbocycles. The predicted octanol–water partition coefficient (Wildman–Crippen LogP) is 5.11. The van der Waals surface area contributed by atoms with Crippen molar-refractivity contribution in [2.24, 2.45) is 0 Å². The monoisotopic (exact) mass is 508 g/mol. The molecular weight excluding hydrogens is 480 g/mol. The first-order valence-corrected chi connectivity index (χ1v) is 12.6. The van der Waals surface area contributed by atoms with E-state index in [-0.39, 0.29) is 24.3 Å². The SMILES string of the molecule is CN(C(=O)Cn1c(C2CC(=O)N(c3ccccc3Br)C2)nc2ccccc21)C1CCCCC1. The fraction of sp³-hybridized carbons (Fsp3) is 0.423. The molecule has 7 heteroatoms. The van der Waals surface area contributed by atoms with E-state index in [4.69, 9.17) is 4.98 Å². The van der Waals surface area contributed by atoms with Crippen molar-refractivity contribution < 1.29 is 9.59 Å². The minimum absolute atomic E-state index is 0.0650. The van der Waals surface area contributed by atoms with Gasteiger partial charge in [-0.2, -0.15) is 0 Å². The second kappa shape index (κ2) is 9.29. The molecule has 2 heterocycles. The second-order valence-corrected chi connectivity index (χ2v) is 10.1. The Morgan fingerprint density at radius 1 is 1.09 bits per heavy atom. The number of rotatable bonds is 5. The van der Waals surface area contributed by atoms with Crippen molar-refractivity contribution in [3.63, 3.8) is 0 Å². The number of anilines is 1. The third kappa shape index (κ3) is 4.31. The first-order valence-electron chi connectivity index (χ1n) is 11.8. The molecule has 5 rings (SSSR count). The normalized spacial score (nSPS) is 19.4. The van der Waals surface area contributed by atoms with Gasteiger partial charge in [0.25, 0.3) is 0 Å². The van der Waals surface area contributed by atoms with Gasteiger partial charge in [0.05, 0.1) is 16.7 Å². The molecule has 172 valence electrons. The molecule has 0 N–H and O–H groups in total. The van der Waals surface area contributed by atoms with Crippen LogP contribution in [0.4, 0.5) is 5.69 Å². The number of aromatic nitrogens is 2. The maximum Gasteiger partial charge on any atom is 0.242 e. The van der Waals surface area contributed by atoms with Crippen molar-refractivity contribution in [2.45, 2.75) is 57.0 Å². The van der Waals surface area contributed by atoms with E-state index in [2.05, 4.69) is 15.9 Å². The molecule has 0 radical (unpaired) electrons. The first kappa shape index (κ1) is 22.1. The summed E-state index contributed by atoms with van der Waals surface area (Å²) >= 11 is 3.57. The van der Waals surface area contributed by atoms with E-state index in [1.54, 1.807) is 0 Å². The highest BCUT2D eigenvalue weighted by Crippen LogP contribution is 2.36. The van der Waals surface area contributed by atoms with Gasteiger partial charge in [0.15, 0.2) is 0 Å². The Balaban J connectivity index is 1.44. The fourth-order valence-electron chi connectivity index (χ4n) is 5.27. The summed E-state index contributed by atoms with van der Waals surface area (Å²) < 4.78 is 2.94. The average molecular weight is 509 g/mol.